The molecule has 3 heterocycles. The minimum absolute atomic E-state index is 0. The molecule has 9 nitrogen and oxygen atoms in total. The molecule has 0 aliphatic rings. The molecule has 0 bridgehead atoms. The Morgan fingerprint density at radius 1 is 0.794 bits per heavy atom. The van der Waals surface area contributed by atoms with Crippen LogP contribution in [0.4, 0.5) is 0 Å². The maximum absolute atomic E-state index is 11.7. The predicted molar refractivity (Wildman–Crippen MR) is 126 cm³/mol. The molecule has 3 aromatic heterocycles. The Hall–Kier alpha value is -2.51. The van der Waals surface area contributed by atoms with Crippen LogP contribution in [0, 0.1) is 0 Å². The van der Waals surface area contributed by atoms with Gasteiger partial charge in [0.05, 0.1) is 33.8 Å². The van der Waals surface area contributed by atoms with Gasteiger partial charge in [0, 0.05) is 43.6 Å². The Labute approximate surface area is 218 Å². The van der Waals surface area contributed by atoms with Crippen LogP contribution in [0.3, 0.4) is 0 Å². The average molecular weight is 611 g/mol. The summed E-state index contributed by atoms with van der Waals surface area (Å²) in [6, 6.07) is 6.27. The number of rotatable bonds is 6. The molecule has 0 aliphatic carbocycles. The molecule has 0 spiro atoms. The van der Waals surface area contributed by atoms with Crippen molar-refractivity contribution in [3.8, 4) is 22.6 Å². The number of carboxylic acids is 3. The van der Waals surface area contributed by atoms with Crippen LogP contribution in [0.25, 0.3) is 22.6 Å². The number of carbonyl (C=O) groups is 3. The first-order valence-electron chi connectivity index (χ1n) is 9.09. The molecule has 0 aromatic carbocycles. The fraction of sp³-hybridized carbons (Fsp3) is 0.143. The number of hydrogen-bond acceptors (Lipinski definition) is 6. The van der Waals surface area contributed by atoms with Crippen molar-refractivity contribution < 1.29 is 49.2 Å². The van der Waals surface area contributed by atoms with Gasteiger partial charge in [-0.15, -0.1) is 23.2 Å². The van der Waals surface area contributed by atoms with Crippen molar-refractivity contribution in [3.05, 3.63) is 65.6 Å². The summed E-state index contributed by atoms with van der Waals surface area (Å²) >= 11 is 10.8. The van der Waals surface area contributed by atoms with E-state index in [1.165, 1.54) is 48.9 Å². The Balaban J connectivity index is 0.000000735. The first-order chi connectivity index (χ1) is 15.5. The standard InChI is InChI=1S/C18H11N3O6.C3H7Cl2P.Ru/c22-16(23)9-1-4-19-12(7-9)14-11(18(26)27)3-6-21-15(14)13-8-10(17(24)25)2-5-20-13;1-6(2)3(4)5;/h1-8H,(H,22,23)(H,24,25)(H,26,27);3H,1-2H3;. The molecule has 0 amide bonds. The largest absolute Gasteiger partial charge is 0.478 e. The van der Waals surface area contributed by atoms with E-state index >= 15 is 0 Å². The van der Waals surface area contributed by atoms with Crippen LogP contribution < -0.4 is 0 Å². The first-order valence-corrected chi connectivity index (χ1v) is 12.3. The number of aromatic nitrogens is 3. The van der Waals surface area contributed by atoms with Gasteiger partial charge in [0.1, 0.15) is 4.58 Å². The molecule has 3 N–H and O–H groups in total. The van der Waals surface area contributed by atoms with Gasteiger partial charge < -0.3 is 15.3 Å². The molecule has 13 heteroatoms. The quantitative estimate of drug-likeness (QED) is 0.203. The van der Waals surface area contributed by atoms with E-state index in [2.05, 4.69) is 15.0 Å². The van der Waals surface area contributed by atoms with Gasteiger partial charge in [-0.2, -0.15) is 0 Å². The van der Waals surface area contributed by atoms with Gasteiger partial charge in [0.2, 0.25) is 0 Å². The number of hydrogen-bond donors (Lipinski definition) is 3. The predicted octanol–water partition coefficient (Wildman–Crippen LogP) is 4.79. The Bertz CT molecular complexity index is 1190. The maximum atomic E-state index is 11.7. The molecule has 0 fully saturated rings. The number of aromatic carboxylic acids is 3. The molecule has 0 saturated heterocycles. The van der Waals surface area contributed by atoms with E-state index in [9.17, 15) is 24.6 Å². The molecule has 0 unspecified atom stereocenters. The summed E-state index contributed by atoms with van der Waals surface area (Å²) in [5.41, 5.74) is 0.00121. The minimum Gasteiger partial charge on any atom is -0.478 e. The smallest absolute Gasteiger partial charge is 0.336 e. The topological polar surface area (TPSA) is 151 Å². The fourth-order valence-electron chi connectivity index (χ4n) is 2.49. The van der Waals surface area contributed by atoms with E-state index in [-0.39, 0.29) is 71.3 Å². The van der Waals surface area contributed by atoms with Gasteiger partial charge in [0.15, 0.2) is 0 Å². The zero-order valence-corrected chi connectivity index (χ0v) is 21.8. The van der Waals surface area contributed by atoms with Gasteiger partial charge in [-0.25, -0.2) is 14.4 Å². The number of carboxylic acid groups (broad SMARTS) is 3. The van der Waals surface area contributed by atoms with E-state index in [1.54, 1.807) is 0 Å². The van der Waals surface area contributed by atoms with Crippen LogP contribution in [-0.2, 0) is 19.5 Å². The number of alkyl halides is 2. The second-order valence-corrected chi connectivity index (χ2v) is 10.7. The van der Waals surface area contributed by atoms with Crippen LogP contribution in [-0.4, -0.2) is 66.1 Å². The molecule has 0 aliphatic heterocycles. The van der Waals surface area contributed by atoms with Crippen molar-refractivity contribution in [2.24, 2.45) is 0 Å². The fourth-order valence-corrected chi connectivity index (χ4v) is 2.49. The summed E-state index contributed by atoms with van der Waals surface area (Å²) in [5, 5.41) is 27.9. The molecule has 3 aromatic rings. The van der Waals surface area contributed by atoms with E-state index in [0.717, 1.165) is 0 Å². The molecule has 180 valence electrons. The van der Waals surface area contributed by atoms with Crippen molar-refractivity contribution >= 4 is 49.0 Å². The minimum atomic E-state index is -1.27. The monoisotopic (exact) mass is 611 g/mol. The number of nitrogens with zero attached hydrogens (tertiary/aromatic N) is 3. The third-order valence-corrected chi connectivity index (χ3v) is 7.21. The van der Waals surface area contributed by atoms with Gasteiger partial charge in [0.25, 0.3) is 0 Å². The zero-order valence-electron chi connectivity index (χ0n) is 17.7. The molecular formula is C21H18Cl2N3O6PRu. The first kappa shape index (κ1) is 29.5. The Morgan fingerprint density at radius 3 is 1.68 bits per heavy atom. The SMILES string of the molecule is CP(C)C(Cl)Cl.O=C(O)c1ccnc(-c2nccc(C(=O)O)c2-c2cc(C(=O)O)ccn2)c1.[Ru]. The summed E-state index contributed by atoms with van der Waals surface area (Å²) in [7, 11) is -0.129. The third-order valence-electron chi connectivity index (χ3n) is 4.08. The van der Waals surface area contributed by atoms with Crippen LogP contribution >= 0.6 is 31.1 Å². The summed E-state index contributed by atoms with van der Waals surface area (Å²) < 4.78 is -0.139. The summed E-state index contributed by atoms with van der Waals surface area (Å²) in [6.45, 7) is 4.08. The third kappa shape index (κ3) is 7.78. The van der Waals surface area contributed by atoms with Crippen LogP contribution in [0.5, 0.6) is 0 Å². The van der Waals surface area contributed by atoms with Gasteiger partial charge >= 0.3 is 17.9 Å². The van der Waals surface area contributed by atoms with Gasteiger partial charge in [-0.1, -0.05) is 7.92 Å². The van der Waals surface area contributed by atoms with Crippen molar-refractivity contribution in [1.82, 2.24) is 15.0 Å². The molecule has 0 atom stereocenters. The summed E-state index contributed by atoms with van der Waals surface area (Å²) in [5.74, 6) is -3.65. The average Bonchev–Trinajstić information content (AvgIpc) is 2.79. The van der Waals surface area contributed by atoms with Crippen molar-refractivity contribution in [3.63, 3.8) is 0 Å². The van der Waals surface area contributed by atoms with E-state index < -0.39 is 17.9 Å². The van der Waals surface area contributed by atoms with Crippen molar-refractivity contribution in [2.75, 3.05) is 13.3 Å². The number of pyridine rings is 3. The van der Waals surface area contributed by atoms with E-state index in [1.807, 2.05) is 13.3 Å². The zero-order chi connectivity index (χ0) is 24.7. The van der Waals surface area contributed by atoms with Crippen LogP contribution in [0.1, 0.15) is 31.1 Å². The Kier molecular flexibility index (Phi) is 11.6. The molecule has 34 heavy (non-hydrogen) atoms. The van der Waals surface area contributed by atoms with Gasteiger partial charge in [-0.05, 0) is 43.7 Å². The summed E-state index contributed by atoms with van der Waals surface area (Å²) in [6.07, 6.45) is 3.75. The molecule has 0 radical (unpaired) electrons. The Morgan fingerprint density at radius 2 is 1.24 bits per heavy atom. The van der Waals surface area contributed by atoms with Crippen molar-refractivity contribution in [2.45, 2.75) is 4.58 Å². The molecular weight excluding hydrogens is 593 g/mol. The second-order valence-electron chi connectivity index (χ2n) is 6.60. The van der Waals surface area contributed by atoms with E-state index in [0.29, 0.717) is 0 Å². The maximum Gasteiger partial charge on any atom is 0.336 e. The molecule has 3 rings (SSSR count). The van der Waals surface area contributed by atoms with Crippen molar-refractivity contribution in [1.29, 1.82) is 0 Å². The van der Waals surface area contributed by atoms with Crippen LogP contribution in [0.2, 0.25) is 0 Å². The van der Waals surface area contributed by atoms with Crippen LogP contribution in [0.15, 0.2) is 48.9 Å². The number of halogens is 2. The van der Waals surface area contributed by atoms with Gasteiger partial charge in [-0.3, -0.25) is 15.0 Å². The second kappa shape index (κ2) is 13.4. The molecule has 0 saturated carbocycles. The summed E-state index contributed by atoms with van der Waals surface area (Å²) in [4.78, 5) is 46.4. The normalized spacial score (nSPS) is 10.2. The van der Waals surface area contributed by atoms with E-state index in [4.69, 9.17) is 28.3 Å².